The van der Waals surface area contributed by atoms with Gasteiger partial charge in [-0.15, -0.1) is 11.8 Å². The van der Waals surface area contributed by atoms with Gasteiger partial charge in [0.15, 0.2) is 0 Å². The van der Waals surface area contributed by atoms with Crippen LogP contribution in [0.4, 0.5) is 10.1 Å². The molecule has 0 unspecified atom stereocenters. The first-order valence-corrected chi connectivity index (χ1v) is 12.2. The first-order chi connectivity index (χ1) is 14.3. The standard InChI is InChI=1S/C20H22ClFN2O4S2/c1-28-18-8-5-14(11-19(18)30(26,27)24-9-3-2-4-10-24)23-20(25)13-29-15-6-7-17(22)16(21)12-15/h5-8,11-12H,2-4,9-10,13H2,1H3,(H,23,25). The summed E-state index contributed by atoms with van der Waals surface area (Å²) in [5.41, 5.74) is 0.356. The Balaban J connectivity index is 1.72. The van der Waals surface area contributed by atoms with E-state index < -0.39 is 15.8 Å². The Kier molecular flexibility index (Phi) is 7.62. The summed E-state index contributed by atoms with van der Waals surface area (Å²) in [6.07, 6.45) is 2.65. The predicted molar refractivity (Wildman–Crippen MR) is 116 cm³/mol. The van der Waals surface area contributed by atoms with Crippen LogP contribution in [0.25, 0.3) is 0 Å². The van der Waals surface area contributed by atoms with Crippen molar-refractivity contribution in [1.29, 1.82) is 0 Å². The number of sulfonamides is 1. The van der Waals surface area contributed by atoms with Crippen molar-refractivity contribution in [3.05, 3.63) is 47.2 Å². The van der Waals surface area contributed by atoms with Gasteiger partial charge < -0.3 is 10.1 Å². The van der Waals surface area contributed by atoms with Crippen LogP contribution in [0, 0.1) is 5.82 Å². The van der Waals surface area contributed by atoms with Crippen LogP contribution < -0.4 is 10.1 Å². The molecule has 0 radical (unpaired) electrons. The van der Waals surface area contributed by atoms with E-state index in [-0.39, 0.29) is 27.3 Å². The SMILES string of the molecule is COc1ccc(NC(=O)CSc2ccc(F)c(Cl)c2)cc1S(=O)(=O)N1CCCCC1. The highest BCUT2D eigenvalue weighted by Crippen LogP contribution is 2.31. The van der Waals surface area contributed by atoms with Gasteiger partial charge in [0.25, 0.3) is 0 Å². The molecule has 0 saturated carbocycles. The second-order valence-electron chi connectivity index (χ2n) is 6.74. The number of carbonyl (C=O) groups is 1. The van der Waals surface area contributed by atoms with Crippen molar-refractivity contribution in [1.82, 2.24) is 4.31 Å². The van der Waals surface area contributed by atoms with Crippen LogP contribution in [0.2, 0.25) is 5.02 Å². The van der Waals surface area contributed by atoms with E-state index in [9.17, 15) is 17.6 Å². The van der Waals surface area contributed by atoms with Crippen LogP contribution in [0.5, 0.6) is 5.75 Å². The normalized spacial score (nSPS) is 15.0. The molecule has 1 aliphatic rings. The average Bonchev–Trinajstić information content (AvgIpc) is 2.75. The fourth-order valence-electron chi connectivity index (χ4n) is 3.11. The van der Waals surface area contributed by atoms with Gasteiger partial charge in [-0.2, -0.15) is 4.31 Å². The molecule has 30 heavy (non-hydrogen) atoms. The van der Waals surface area contributed by atoms with Gasteiger partial charge in [0.1, 0.15) is 16.5 Å². The number of amides is 1. The van der Waals surface area contributed by atoms with Crippen LogP contribution in [-0.4, -0.2) is 44.6 Å². The number of halogens is 2. The van der Waals surface area contributed by atoms with Crippen molar-refractivity contribution < 1.29 is 22.3 Å². The predicted octanol–water partition coefficient (Wildman–Crippen LogP) is 4.39. The molecule has 2 aromatic carbocycles. The molecule has 1 heterocycles. The highest BCUT2D eigenvalue weighted by Gasteiger charge is 2.29. The zero-order chi connectivity index (χ0) is 21.7. The maximum atomic E-state index is 13.2. The zero-order valence-corrected chi connectivity index (χ0v) is 18.7. The molecule has 0 atom stereocenters. The van der Waals surface area contributed by atoms with Crippen molar-refractivity contribution >= 4 is 45.0 Å². The number of piperidine rings is 1. The smallest absolute Gasteiger partial charge is 0.246 e. The first-order valence-electron chi connectivity index (χ1n) is 9.37. The minimum absolute atomic E-state index is 0.0110. The summed E-state index contributed by atoms with van der Waals surface area (Å²) in [5.74, 6) is -0.561. The van der Waals surface area contributed by atoms with E-state index in [4.69, 9.17) is 16.3 Å². The van der Waals surface area contributed by atoms with Crippen LogP contribution in [0.1, 0.15) is 19.3 Å². The van der Waals surface area contributed by atoms with E-state index in [1.54, 1.807) is 6.07 Å². The Bertz CT molecular complexity index is 1030. The van der Waals surface area contributed by atoms with Gasteiger partial charge in [-0.25, -0.2) is 12.8 Å². The number of rotatable bonds is 7. The number of hydrogen-bond acceptors (Lipinski definition) is 5. The van der Waals surface area contributed by atoms with Crippen molar-refractivity contribution in [3.63, 3.8) is 0 Å². The number of anilines is 1. The highest BCUT2D eigenvalue weighted by molar-refractivity contribution is 8.00. The van der Waals surface area contributed by atoms with Gasteiger partial charge in [0.2, 0.25) is 15.9 Å². The van der Waals surface area contributed by atoms with Crippen LogP contribution >= 0.6 is 23.4 Å². The largest absolute Gasteiger partial charge is 0.495 e. The van der Waals surface area contributed by atoms with E-state index >= 15 is 0 Å². The molecular weight excluding hydrogens is 451 g/mol. The van der Waals surface area contributed by atoms with Crippen molar-refractivity contribution in [2.75, 3.05) is 31.3 Å². The molecular formula is C20H22ClFN2O4S2. The maximum Gasteiger partial charge on any atom is 0.246 e. The number of methoxy groups -OCH3 is 1. The minimum Gasteiger partial charge on any atom is -0.495 e. The lowest BCUT2D eigenvalue weighted by atomic mass is 10.2. The lowest BCUT2D eigenvalue weighted by molar-refractivity contribution is -0.113. The fourth-order valence-corrected chi connectivity index (χ4v) is 5.79. The summed E-state index contributed by atoms with van der Waals surface area (Å²) in [4.78, 5) is 13.0. The molecule has 2 aromatic rings. The summed E-state index contributed by atoms with van der Waals surface area (Å²) in [5, 5.41) is 2.69. The number of nitrogens with one attached hydrogen (secondary N) is 1. The third kappa shape index (κ3) is 5.46. The number of benzene rings is 2. The first kappa shape index (κ1) is 22.9. The molecule has 0 bridgehead atoms. The van der Waals surface area contributed by atoms with E-state index in [2.05, 4.69) is 5.32 Å². The van der Waals surface area contributed by atoms with Crippen molar-refractivity contribution in [3.8, 4) is 5.75 Å². The molecule has 0 aromatic heterocycles. The molecule has 1 N–H and O–H groups in total. The third-order valence-electron chi connectivity index (χ3n) is 4.64. The topological polar surface area (TPSA) is 75.7 Å². The molecule has 1 saturated heterocycles. The Morgan fingerprint density at radius 1 is 1.20 bits per heavy atom. The third-order valence-corrected chi connectivity index (χ3v) is 7.84. The quantitative estimate of drug-likeness (QED) is 0.605. The molecule has 10 heteroatoms. The second kappa shape index (κ2) is 10.00. The van der Waals surface area contributed by atoms with E-state index in [1.807, 2.05) is 0 Å². The second-order valence-corrected chi connectivity index (χ2v) is 10.1. The van der Waals surface area contributed by atoms with Gasteiger partial charge in [-0.3, -0.25) is 4.79 Å². The number of carbonyl (C=O) groups excluding carboxylic acids is 1. The van der Waals surface area contributed by atoms with E-state index in [1.165, 1.54) is 53.5 Å². The summed E-state index contributed by atoms with van der Waals surface area (Å²) in [6, 6.07) is 8.76. The minimum atomic E-state index is -3.73. The highest BCUT2D eigenvalue weighted by atomic mass is 35.5. The molecule has 1 aliphatic heterocycles. The lowest BCUT2D eigenvalue weighted by Crippen LogP contribution is -2.35. The van der Waals surface area contributed by atoms with Crippen molar-refractivity contribution in [2.24, 2.45) is 0 Å². The average molecular weight is 473 g/mol. The lowest BCUT2D eigenvalue weighted by Gasteiger charge is -2.26. The van der Waals surface area contributed by atoms with Gasteiger partial charge in [-0.05, 0) is 49.2 Å². The summed E-state index contributed by atoms with van der Waals surface area (Å²) in [7, 11) is -2.32. The number of nitrogens with zero attached hydrogens (tertiary/aromatic N) is 1. The van der Waals surface area contributed by atoms with Gasteiger partial charge in [0, 0.05) is 23.7 Å². The Labute approximate surface area is 184 Å². The van der Waals surface area contributed by atoms with Gasteiger partial charge in [0.05, 0.1) is 17.9 Å². The number of thioether (sulfide) groups is 1. The molecule has 1 fully saturated rings. The fraction of sp³-hybridized carbons (Fsp3) is 0.350. The summed E-state index contributed by atoms with van der Waals surface area (Å²) in [6.45, 7) is 0.942. The Morgan fingerprint density at radius 2 is 1.93 bits per heavy atom. The Hall–Kier alpha value is -1.81. The molecule has 1 amide bonds. The summed E-state index contributed by atoms with van der Waals surface area (Å²) < 4.78 is 46.0. The molecule has 0 aliphatic carbocycles. The van der Waals surface area contributed by atoms with Gasteiger partial charge in [-0.1, -0.05) is 18.0 Å². The van der Waals surface area contributed by atoms with Gasteiger partial charge >= 0.3 is 0 Å². The van der Waals surface area contributed by atoms with E-state index in [0.29, 0.717) is 23.7 Å². The van der Waals surface area contributed by atoms with E-state index in [0.717, 1.165) is 19.3 Å². The van der Waals surface area contributed by atoms with Crippen LogP contribution in [0.15, 0.2) is 46.2 Å². The summed E-state index contributed by atoms with van der Waals surface area (Å²) >= 11 is 6.95. The maximum absolute atomic E-state index is 13.2. The zero-order valence-electron chi connectivity index (χ0n) is 16.4. The van der Waals surface area contributed by atoms with Crippen molar-refractivity contribution in [2.45, 2.75) is 29.1 Å². The monoisotopic (exact) mass is 472 g/mol. The Morgan fingerprint density at radius 3 is 2.60 bits per heavy atom. The molecule has 162 valence electrons. The number of hydrogen-bond donors (Lipinski definition) is 1. The van der Waals surface area contributed by atoms with Crippen LogP contribution in [0.3, 0.4) is 0 Å². The van der Waals surface area contributed by atoms with Crippen LogP contribution in [-0.2, 0) is 14.8 Å². The molecule has 0 spiro atoms. The molecule has 3 rings (SSSR count). The molecule has 6 nitrogen and oxygen atoms in total. The number of ether oxygens (including phenoxy) is 1.